The van der Waals surface area contributed by atoms with Crippen LogP contribution in [0.1, 0.15) is 6.92 Å². The molecule has 0 saturated carbocycles. The van der Waals surface area contributed by atoms with Gasteiger partial charge in [0.2, 0.25) is 0 Å². The highest BCUT2D eigenvalue weighted by Gasteiger charge is 1.94. The molecule has 4 N–H and O–H groups in total. The molecule has 0 saturated heterocycles. The fraction of sp³-hybridized carbons (Fsp3) is 0.143. The lowest BCUT2D eigenvalue weighted by molar-refractivity contribution is 1.14. The molecule has 16 heavy (non-hydrogen) atoms. The van der Waals surface area contributed by atoms with Crippen molar-refractivity contribution in [1.82, 2.24) is 0 Å². The molecule has 0 bridgehead atoms. The van der Waals surface area contributed by atoms with Crippen LogP contribution in [-0.2, 0) is 0 Å². The number of anilines is 1. The van der Waals surface area contributed by atoms with Crippen molar-refractivity contribution >= 4 is 5.69 Å². The van der Waals surface area contributed by atoms with Gasteiger partial charge < -0.3 is 11.5 Å². The Morgan fingerprint density at radius 1 is 0.875 bits per heavy atom. The van der Waals surface area contributed by atoms with Crippen molar-refractivity contribution < 1.29 is 0 Å². The quantitative estimate of drug-likeness (QED) is 0.717. The number of hydrogen-bond donors (Lipinski definition) is 2. The van der Waals surface area contributed by atoms with Gasteiger partial charge in [0.15, 0.2) is 0 Å². The van der Waals surface area contributed by atoms with E-state index in [2.05, 4.69) is 18.2 Å². The molecule has 0 radical (unpaired) electrons. The summed E-state index contributed by atoms with van der Waals surface area (Å²) in [6, 6.07) is 18.1. The van der Waals surface area contributed by atoms with E-state index in [9.17, 15) is 0 Å². The lowest BCUT2D eigenvalue weighted by atomic mass is 10.1. The van der Waals surface area contributed by atoms with Crippen LogP contribution in [0.3, 0.4) is 0 Å². The number of nitrogens with two attached hydrogens (primary N) is 2. The minimum atomic E-state index is 0.750. The Labute approximate surface area is 96.9 Å². The number of hydrogen-bond acceptors (Lipinski definition) is 2. The first-order chi connectivity index (χ1) is 7.77. The van der Waals surface area contributed by atoms with Gasteiger partial charge in [0.25, 0.3) is 0 Å². The lowest BCUT2D eigenvalue weighted by Gasteiger charge is -2.01. The second kappa shape index (κ2) is 6.64. The molecule has 0 aliphatic carbocycles. The van der Waals surface area contributed by atoms with Gasteiger partial charge in [-0.25, -0.2) is 0 Å². The van der Waals surface area contributed by atoms with E-state index in [0.717, 1.165) is 12.2 Å². The lowest BCUT2D eigenvalue weighted by Crippen LogP contribution is -1.87. The highest BCUT2D eigenvalue weighted by Crippen LogP contribution is 2.20. The van der Waals surface area contributed by atoms with Crippen LogP contribution in [0.25, 0.3) is 11.1 Å². The zero-order valence-corrected chi connectivity index (χ0v) is 9.56. The zero-order valence-electron chi connectivity index (χ0n) is 9.56. The molecule has 2 heteroatoms. The highest BCUT2D eigenvalue weighted by atomic mass is 14.5. The van der Waals surface area contributed by atoms with E-state index < -0.39 is 0 Å². The topological polar surface area (TPSA) is 52.0 Å². The fourth-order valence-electron chi connectivity index (χ4n) is 1.35. The van der Waals surface area contributed by atoms with E-state index in [0.29, 0.717) is 0 Å². The van der Waals surface area contributed by atoms with E-state index in [1.54, 1.807) is 0 Å². The number of benzene rings is 2. The van der Waals surface area contributed by atoms with Crippen LogP contribution in [0.15, 0.2) is 54.6 Å². The molecule has 0 aliphatic heterocycles. The highest BCUT2D eigenvalue weighted by molar-refractivity contribution is 5.66. The normalized spacial score (nSPS) is 9.12. The summed E-state index contributed by atoms with van der Waals surface area (Å²) in [5, 5.41) is 0. The summed E-state index contributed by atoms with van der Waals surface area (Å²) in [5.74, 6) is 0. The predicted molar refractivity (Wildman–Crippen MR) is 71.0 cm³/mol. The minimum Gasteiger partial charge on any atom is -0.399 e. The molecule has 2 nitrogen and oxygen atoms in total. The van der Waals surface area contributed by atoms with Crippen LogP contribution >= 0.6 is 0 Å². The average Bonchev–Trinajstić information content (AvgIpc) is 2.31. The van der Waals surface area contributed by atoms with Crippen LogP contribution in [0.2, 0.25) is 0 Å². The molecule has 84 valence electrons. The predicted octanol–water partition coefficient (Wildman–Crippen LogP) is 2.90. The molecule has 2 aromatic carbocycles. The van der Waals surface area contributed by atoms with Crippen LogP contribution < -0.4 is 11.5 Å². The molecule has 0 unspecified atom stereocenters. The minimum absolute atomic E-state index is 0.750. The van der Waals surface area contributed by atoms with Crippen molar-refractivity contribution in [3.05, 3.63) is 54.6 Å². The zero-order chi connectivity index (χ0) is 11.8. The van der Waals surface area contributed by atoms with Crippen LogP contribution in [0, 0.1) is 0 Å². The van der Waals surface area contributed by atoms with Crippen molar-refractivity contribution in [2.45, 2.75) is 6.92 Å². The van der Waals surface area contributed by atoms with E-state index in [4.69, 9.17) is 11.5 Å². The van der Waals surface area contributed by atoms with Gasteiger partial charge in [0, 0.05) is 5.69 Å². The standard InChI is InChI=1S/C12H11N.C2H7N/c13-12-8-4-7-11(9-12)10-5-2-1-3-6-10;1-2-3/h1-9H,13H2;2-3H2,1H3. The SMILES string of the molecule is CCN.Nc1cccc(-c2ccccc2)c1. The van der Waals surface area contributed by atoms with E-state index in [-0.39, 0.29) is 0 Å². The third-order valence-corrected chi connectivity index (χ3v) is 1.99. The fourth-order valence-corrected chi connectivity index (χ4v) is 1.35. The summed E-state index contributed by atoms with van der Waals surface area (Å²) in [4.78, 5) is 0. The molecule has 0 fully saturated rings. The Kier molecular flexibility index (Phi) is 5.09. The van der Waals surface area contributed by atoms with E-state index in [1.165, 1.54) is 11.1 Å². The third-order valence-electron chi connectivity index (χ3n) is 1.99. The summed E-state index contributed by atoms with van der Waals surface area (Å²) >= 11 is 0. The van der Waals surface area contributed by atoms with Gasteiger partial charge >= 0.3 is 0 Å². The molecular weight excluding hydrogens is 196 g/mol. The maximum atomic E-state index is 5.70. The number of rotatable bonds is 1. The smallest absolute Gasteiger partial charge is 0.0320 e. The average molecular weight is 214 g/mol. The Morgan fingerprint density at radius 3 is 2.00 bits per heavy atom. The van der Waals surface area contributed by atoms with Crippen molar-refractivity contribution in [1.29, 1.82) is 0 Å². The summed E-state index contributed by atoms with van der Waals surface area (Å²) in [6.07, 6.45) is 0. The third kappa shape index (κ3) is 3.75. The van der Waals surface area contributed by atoms with Gasteiger partial charge in [-0.2, -0.15) is 0 Å². The Morgan fingerprint density at radius 2 is 1.44 bits per heavy atom. The van der Waals surface area contributed by atoms with Crippen molar-refractivity contribution in [2.75, 3.05) is 12.3 Å². The van der Waals surface area contributed by atoms with Gasteiger partial charge in [-0.15, -0.1) is 0 Å². The van der Waals surface area contributed by atoms with Gasteiger partial charge in [0.05, 0.1) is 0 Å². The molecular formula is C14H18N2. The molecule has 2 rings (SSSR count). The second-order valence-corrected chi connectivity index (χ2v) is 3.40. The van der Waals surface area contributed by atoms with Gasteiger partial charge in [-0.1, -0.05) is 49.4 Å². The van der Waals surface area contributed by atoms with Crippen molar-refractivity contribution in [3.63, 3.8) is 0 Å². The number of nitrogen functional groups attached to an aromatic ring is 1. The molecule has 0 heterocycles. The molecule has 2 aromatic rings. The van der Waals surface area contributed by atoms with Crippen LogP contribution in [-0.4, -0.2) is 6.54 Å². The molecule has 0 aliphatic rings. The summed E-state index contributed by atoms with van der Waals surface area (Å²) < 4.78 is 0. The summed E-state index contributed by atoms with van der Waals surface area (Å²) in [6.45, 7) is 2.65. The Balaban J connectivity index is 0.000000386. The molecule has 0 atom stereocenters. The van der Waals surface area contributed by atoms with Gasteiger partial charge in [-0.3, -0.25) is 0 Å². The largest absolute Gasteiger partial charge is 0.399 e. The Bertz CT molecular complexity index is 410. The maximum Gasteiger partial charge on any atom is 0.0320 e. The Hall–Kier alpha value is -1.80. The van der Waals surface area contributed by atoms with Crippen LogP contribution in [0.5, 0.6) is 0 Å². The maximum absolute atomic E-state index is 5.70. The van der Waals surface area contributed by atoms with Gasteiger partial charge in [0.1, 0.15) is 0 Å². The summed E-state index contributed by atoms with van der Waals surface area (Å²) in [7, 11) is 0. The second-order valence-electron chi connectivity index (χ2n) is 3.40. The van der Waals surface area contributed by atoms with E-state index >= 15 is 0 Å². The molecule has 0 amide bonds. The first-order valence-electron chi connectivity index (χ1n) is 5.39. The molecule has 0 spiro atoms. The summed E-state index contributed by atoms with van der Waals surface area (Å²) in [5.41, 5.74) is 13.7. The van der Waals surface area contributed by atoms with Gasteiger partial charge in [-0.05, 0) is 29.8 Å². The first-order valence-corrected chi connectivity index (χ1v) is 5.39. The first kappa shape index (κ1) is 12.3. The van der Waals surface area contributed by atoms with Crippen LogP contribution in [0.4, 0.5) is 5.69 Å². The molecule has 0 aromatic heterocycles. The monoisotopic (exact) mass is 214 g/mol. The van der Waals surface area contributed by atoms with Crippen molar-refractivity contribution in [2.24, 2.45) is 5.73 Å². The van der Waals surface area contributed by atoms with E-state index in [1.807, 2.05) is 43.3 Å². The van der Waals surface area contributed by atoms with Crippen molar-refractivity contribution in [3.8, 4) is 11.1 Å².